The average molecular weight is 396 g/mol. The summed E-state index contributed by atoms with van der Waals surface area (Å²) in [5.74, 6) is -0.701. The molecule has 7 nitrogen and oxygen atoms in total. The van der Waals surface area contributed by atoms with Crippen LogP contribution in [0.15, 0.2) is 64.4 Å². The highest BCUT2D eigenvalue weighted by Crippen LogP contribution is 2.16. The van der Waals surface area contributed by atoms with E-state index in [0.29, 0.717) is 5.56 Å². The van der Waals surface area contributed by atoms with Gasteiger partial charge in [0.2, 0.25) is 15.9 Å². The molecule has 0 radical (unpaired) electrons. The molecule has 26 heavy (non-hydrogen) atoms. The smallest absolute Gasteiger partial charge is 0.238 e. The van der Waals surface area contributed by atoms with Crippen LogP contribution >= 0.6 is 0 Å². The van der Waals surface area contributed by atoms with Gasteiger partial charge in [0.1, 0.15) is 0 Å². The van der Waals surface area contributed by atoms with Crippen LogP contribution in [0.3, 0.4) is 0 Å². The molecule has 0 saturated heterocycles. The lowest BCUT2D eigenvalue weighted by Gasteiger charge is -2.15. The van der Waals surface area contributed by atoms with Crippen molar-refractivity contribution in [3.63, 3.8) is 0 Å². The largest absolute Gasteiger partial charge is 0.350 e. The van der Waals surface area contributed by atoms with Gasteiger partial charge in [0.05, 0.1) is 21.6 Å². The van der Waals surface area contributed by atoms with E-state index in [0.717, 1.165) is 0 Å². The van der Waals surface area contributed by atoms with Gasteiger partial charge in [-0.2, -0.15) is 0 Å². The first-order valence-corrected chi connectivity index (χ1v) is 11.0. The van der Waals surface area contributed by atoms with Gasteiger partial charge in [-0.3, -0.25) is 4.79 Å². The predicted octanol–water partition coefficient (Wildman–Crippen LogP) is 1.38. The van der Waals surface area contributed by atoms with Gasteiger partial charge in [-0.25, -0.2) is 22.0 Å². The molecule has 1 unspecified atom stereocenters. The Bertz CT molecular complexity index is 970. The molecule has 0 saturated carbocycles. The molecule has 0 heterocycles. The summed E-state index contributed by atoms with van der Waals surface area (Å²) in [5, 5.41) is 7.73. The highest BCUT2D eigenvalue weighted by atomic mass is 32.2. The fourth-order valence-corrected chi connectivity index (χ4v) is 4.09. The third kappa shape index (κ3) is 5.38. The molecule has 3 N–H and O–H groups in total. The first kappa shape index (κ1) is 20.1. The summed E-state index contributed by atoms with van der Waals surface area (Å²) in [6.07, 6.45) is -0.170. The standard InChI is InChI=1S/C17H20N2O5S2/c1-13(14-7-9-16(10-8-14)26(18,23)24)19-17(20)11-12-25(21,22)15-5-3-2-4-6-15/h2-10,13H,11-12H2,1H3,(H,19,20)(H2,18,23,24). The van der Waals surface area contributed by atoms with Crippen LogP contribution in [-0.4, -0.2) is 28.5 Å². The highest BCUT2D eigenvalue weighted by molar-refractivity contribution is 7.91. The highest BCUT2D eigenvalue weighted by Gasteiger charge is 2.17. The number of nitrogens with one attached hydrogen (secondary N) is 1. The Hall–Kier alpha value is -2.23. The third-order valence-electron chi connectivity index (χ3n) is 3.79. The van der Waals surface area contributed by atoms with Gasteiger partial charge in [-0.15, -0.1) is 0 Å². The molecule has 2 rings (SSSR count). The van der Waals surface area contributed by atoms with Gasteiger partial charge in [0.15, 0.2) is 9.84 Å². The van der Waals surface area contributed by atoms with Crippen LogP contribution in [0.4, 0.5) is 0 Å². The van der Waals surface area contributed by atoms with Crippen LogP contribution in [0, 0.1) is 0 Å². The second-order valence-corrected chi connectivity index (χ2v) is 9.46. The number of sulfonamides is 1. The summed E-state index contributed by atoms with van der Waals surface area (Å²) in [5.41, 5.74) is 0.677. The van der Waals surface area contributed by atoms with Gasteiger partial charge in [0.25, 0.3) is 0 Å². The number of rotatable bonds is 7. The Morgan fingerprint density at radius 1 is 0.962 bits per heavy atom. The second kappa shape index (κ2) is 7.98. The number of carbonyl (C=O) groups is 1. The summed E-state index contributed by atoms with van der Waals surface area (Å²) >= 11 is 0. The fourth-order valence-electron chi connectivity index (χ4n) is 2.32. The molecule has 140 valence electrons. The maximum absolute atomic E-state index is 12.2. The molecule has 0 aliphatic rings. The lowest BCUT2D eigenvalue weighted by Crippen LogP contribution is -2.28. The van der Waals surface area contributed by atoms with Crippen molar-refractivity contribution in [1.29, 1.82) is 0 Å². The first-order valence-electron chi connectivity index (χ1n) is 7.79. The van der Waals surface area contributed by atoms with E-state index in [4.69, 9.17) is 5.14 Å². The first-order chi connectivity index (χ1) is 12.1. The van der Waals surface area contributed by atoms with Crippen LogP contribution in [0.5, 0.6) is 0 Å². The van der Waals surface area contributed by atoms with Gasteiger partial charge < -0.3 is 5.32 Å². The second-order valence-electron chi connectivity index (χ2n) is 5.79. The Kier molecular flexibility index (Phi) is 6.17. The number of benzene rings is 2. The van der Waals surface area contributed by atoms with Crippen LogP contribution in [0.25, 0.3) is 0 Å². The third-order valence-corrected chi connectivity index (χ3v) is 6.45. The lowest BCUT2D eigenvalue weighted by molar-refractivity contribution is -0.121. The number of hydrogen-bond donors (Lipinski definition) is 2. The molecule has 0 aliphatic carbocycles. The number of carbonyl (C=O) groups excluding carboxylic acids is 1. The van der Waals surface area contributed by atoms with Crippen molar-refractivity contribution in [2.45, 2.75) is 29.2 Å². The van der Waals surface area contributed by atoms with Gasteiger partial charge in [0, 0.05) is 6.42 Å². The topological polar surface area (TPSA) is 123 Å². The normalized spacial score (nSPS) is 13.2. The molecular formula is C17H20N2O5S2. The summed E-state index contributed by atoms with van der Waals surface area (Å²) in [6, 6.07) is 13.3. The van der Waals surface area contributed by atoms with Crippen molar-refractivity contribution in [2.75, 3.05) is 5.75 Å². The maximum Gasteiger partial charge on any atom is 0.238 e. The van der Waals surface area contributed by atoms with Crippen molar-refractivity contribution >= 4 is 25.8 Å². The minimum Gasteiger partial charge on any atom is -0.350 e. The van der Waals surface area contributed by atoms with E-state index in [9.17, 15) is 21.6 Å². The molecule has 9 heteroatoms. The minimum absolute atomic E-state index is 0.0197. The number of amides is 1. The summed E-state index contributed by atoms with van der Waals surface area (Å²) in [4.78, 5) is 12.2. The molecule has 1 atom stereocenters. The van der Waals surface area contributed by atoms with Gasteiger partial charge >= 0.3 is 0 Å². The van der Waals surface area contributed by atoms with Crippen LogP contribution in [0.1, 0.15) is 24.9 Å². The Morgan fingerprint density at radius 2 is 1.54 bits per heavy atom. The molecule has 0 aromatic heterocycles. The number of sulfone groups is 1. The number of hydrogen-bond acceptors (Lipinski definition) is 5. The fraction of sp³-hybridized carbons (Fsp3) is 0.235. The van der Waals surface area contributed by atoms with E-state index in [2.05, 4.69) is 5.32 Å². The van der Waals surface area contributed by atoms with Crippen LogP contribution in [0.2, 0.25) is 0 Å². The monoisotopic (exact) mass is 396 g/mol. The zero-order chi connectivity index (χ0) is 19.4. The Balaban J connectivity index is 1.95. The lowest BCUT2D eigenvalue weighted by atomic mass is 10.1. The van der Waals surface area contributed by atoms with E-state index < -0.39 is 31.8 Å². The summed E-state index contributed by atoms with van der Waals surface area (Å²) in [6.45, 7) is 1.72. The molecule has 0 bridgehead atoms. The van der Waals surface area contributed by atoms with E-state index in [1.807, 2.05) is 0 Å². The Labute approximate surface area is 153 Å². The molecular weight excluding hydrogens is 376 g/mol. The minimum atomic E-state index is -3.77. The summed E-state index contributed by atoms with van der Waals surface area (Å²) in [7, 11) is -7.29. The molecule has 2 aromatic carbocycles. The zero-order valence-electron chi connectivity index (χ0n) is 14.1. The van der Waals surface area contributed by atoms with Gasteiger partial charge in [-0.05, 0) is 36.8 Å². The molecule has 0 aliphatic heterocycles. The maximum atomic E-state index is 12.2. The Morgan fingerprint density at radius 3 is 2.08 bits per heavy atom. The van der Waals surface area contributed by atoms with E-state index in [1.165, 1.54) is 24.3 Å². The zero-order valence-corrected chi connectivity index (χ0v) is 15.8. The van der Waals surface area contributed by atoms with Crippen molar-refractivity contribution in [2.24, 2.45) is 5.14 Å². The van der Waals surface area contributed by atoms with Crippen LogP contribution < -0.4 is 10.5 Å². The molecule has 0 fully saturated rings. The molecule has 0 spiro atoms. The quantitative estimate of drug-likeness (QED) is 0.732. The van der Waals surface area contributed by atoms with E-state index in [1.54, 1.807) is 37.3 Å². The van der Waals surface area contributed by atoms with Crippen molar-refractivity contribution < 1.29 is 21.6 Å². The van der Waals surface area contributed by atoms with Crippen molar-refractivity contribution in [1.82, 2.24) is 5.32 Å². The number of nitrogens with two attached hydrogens (primary N) is 1. The number of primary sulfonamides is 1. The molecule has 1 amide bonds. The summed E-state index contributed by atoms with van der Waals surface area (Å²) < 4.78 is 46.8. The molecule has 2 aromatic rings. The average Bonchev–Trinajstić information content (AvgIpc) is 2.60. The van der Waals surface area contributed by atoms with Crippen molar-refractivity contribution in [3.8, 4) is 0 Å². The SMILES string of the molecule is CC(NC(=O)CCS(=O)(=O)c1ccccc1)c1ccc(S(N)(=O)=O)cc1. The predicted molar refractivity (Wildman–Crippen MR) is 97.5 cm³/mol. The van der Waals surface area contributed by atoms with Crippen LogP contribution in [-0.2, 0) is 24.7 Å². The van der Waals surface area contributed by atoms with Gasteiger partial charge in [-0.1, -0.05) is 30.3 Å². The van der Waals surface area contributed by atoms with E-state index >= 15 is 0 Å². The van der Waals surface area contributed by atoms with Crippen molar-refractivity contribution in [3.05, 3.63) is 60.2 Å². The van der Waals surface area contributed by atoms with E-state index in [-0.39, 0.29) is 22.0 Å².